The molecule has 0 saturated heterocycles. The summed E-state index contributed by atoms with van der Waals surface area (Å²) < 4.78 is 4.20. The molecule has 0 aromatic heterocycles. The molecule has 2 aromatic rings. The van der Waals surface area contributed by atoms with Gasteiger partial charge in [0.15, 0.2) is 11.5 Å². The number of nitrogens with zero attached hydrogens (tertiary/aromatic N) is 1. The van der Waals surface area contributed by atoms with E-state index in [1.54, 1.807) is 0 Å². The molecule has 1 aliphatic heterocycles. The van der Waals surface area contributed by atoms with Crippen molar-refractivity contribution in [3.63, 3.8) is 0 Å². The second-order valence-corrected chi connectivity index (χ2v) is 7.88. The number of nitrogens with two attached hydrogens (primary N) is 1. The first-order valence-electron chi connectivity index (χ1n) is 7.46. The normalized spacial score (nSPS) is 16.6. The Morgan fingerprint density at radius 2 is 1.44 bits per heavy atom. The van der Waals surface area contributed by atoms with Crippen LogP contribution in [0.25, 0.3) is 0 Å². The summed E-state index contributed by atoms with van der Waals surface area (Å²) in [6, 6.07) is 20.8. The molecule has 0 spiro atoms. The lowest BCUT2D eigenvalue weighted by Gasteiger charge is -2.37. The SMILES string of the molecule is N#CC1=C(N)O[B-](c2ccccc2)(c2ccccc2)[NH+]=C1C(Cl)(Cl)Cl. The van der Waals surface area contributed by atoms with E-state index in [2.05, 4.69) is 4.90 Å². The van der Waals surface area contributed by atoms with Gasteiger partial charge in [-0.25, -0.2) is 0 Å². The third-order valence-electron chi connectivity index (χ3n) is 4.08. The van der Waals surface area contributed by atoms with Crippen LogP contribution in [0.3, 0.4) is 0 Å². The molecule has 1 heterocycles. The minimum Gasteiger partial charge on any atom is -0.638 e. The zero-order valence-electron chi connectivity index (χ0n) is 12.9. The highest BCUT2D eigenvalue weighted by atomic mass is 35.6. The number of nitriles is 1. The molecule has 0 fully saturated rings. The van der Waals surface area contributed by atoms with Gasteiger partial charge in [-0.1, -0.05) is 106 Å². The number of alkyl halides is 3. The number of rotatable bonds is 2. The average Bonchev–Trinajstić information content (AvgIpc) is 2.61. The Morgan fingerprint density at radius 1 is 0.960 bits per heavy atom. The lowest BCUT2D eigenvalue weighted by Crippen LogP contribution is -3.03. The number of nitrogens with one attached hydrogen (secondary N) is 1. The molecule has 25 heavy (non-hydrogen) atoms. The summed E-state index contributed by atoms with van der Waals surface area (Å²) in [5.41, 5.74) is 7.72. The lowest BCUT2D eigenvalue weighted by molar-refractivity contribution is -0.324. The van der Waals surface area contributed by atoms with Crippen LogP contribution in [0, 0.1) is 11.3 Å². The van der Waals surface area contributed by atoms with E-state index >= 15 is 0 Å². The Labute approximate surface area is 160 Å². The number of halogens is 3. The third-order valence-corrected chi connectivity index (χ3v) is 4.65. The minimum absolute atomic E-state index is 0.0237. The van der Waals surface area contributed by atoms with Gasteiger partial charge in [-0.05, 0) is 0 Å². The first-order chi connectivity index (χ1) is 11.9. The molecule has 4 nitrogen and oxygen atoms in total. The van der Waals surface area contributed by atoms with Crippen molar-refractivity contribution in [2.75, 3.05) is 0 Å². The molecule has 3 rings (SSSR count). The largest absolute Gasteiger partial charge is 0.638 e. The molecule has 0 radical (unpaired) electrons. The summed E-state index contributed by atoms with van der Waals surface area (Å²) in [5.74, 6) is -0.0877. The van der Waals surface area contributed by atoms with Gasteiger partial charge in [-0.2, -0.15) is 5.26 Å². The minimum atomic E-state index is -2.07. The van der Waals surface area contributed by atoms with E-state index in [-0.39, 0.29) is 17.2 Å². The van der Waals surface area contributed by atoms with E-state index in [0.717, 1.165) is 10.9 Å². The van der Waals surface area contributed by atoms with Gasteiger partial charge >= 0.3 is 6.48 Å². The maximum atomic E-state index is 9.41. The molecule has 0 saturated carbocycles. The molecule has 0 atom stereocenters. The van der Waals surface area contributed by atoms with Gasteiger partial charge in [-0.3, -0.25) is 0 Å². The Hall–Kier alpha value is -2.13. The first kappa shape index (κ1) is 17.7. The van der Waals surface area contributed by atoms with Crippen LogP contribution in [0.15, 0.2) is 72.1 Å². The fourth-order valence-electron chi connectivity index (χ4n) is 2.96. The molecular formula is C17H13BCl3N3O. The van der Waals surface area contributed by atoms with Crippen molar-refractivity contribution >= 4 is 57.9 Å². The summed E-state index contributed by atoms with van der Waals surface area (Å²) >= 11 is 18.3. The fraction of sp³-hybridized carbons (Fsp3) is 0.0588. The van der Waals surface area contributed by atoms with Crippen LogP contribution in [0.2, 0.25) is 0 Å². The van der Waals surface area contributed by atoms with Crippen LogP contribution in [0.4, 0.5) is 0 Å². The molecule has 8 heteroatoms. The molecule has 126 valence electrons. The van der Waals surface area contributed by atoms with E-state index in [1.807, 2.05) is 66.7 Å². The molecule has 2 aromatic carbocycles. The summed E-state index contributed by atoms with van der Waals surface area (Å²) in [7, 11) is 0. The fourth-order valence-corrected chi connectivity index (χ4v) is 3.40. The molecule has 0 bridgehead atoms. The summed E-state index contributed by atoms with van der Waals surface area (Å²) in [5, 5.41) is 9.41. The van der Waals surface area contributed by atoms with Crippen molar-refractivity contribution in [1.29, 1.82) is 5.26 Å². The molecule has 0 aliphatic carbocycles. The highest BCUT2D eigenvalue weighted by Crippen LogP contribution is 2.30. The number of hydrogen-bond acceptors (Lipinski definition) is 3. The van der Waals surface area contributed by atoms with Crippen LogP contribution in [-0.2, 0) is 4.65 Å². The second-order valence-electron chi connectivity index (χ2n) is 5.59. The quantitative estimate of drug-likeness (QED) is 0.588. The van der Waals surface area contributed by atoms with Gasteiger partial charge < -0.3 is 15.3 Å². The maximum Gasteiger partial charge on any atom is 0.507 e. The van der Waals surface area contributed by atoms with Gasteiger partial charge in [0.25, 0.3) is 3.79 Å². The van der Waals surface area contributed by atoms with E-state index < -0.39 is 10.3 Å². The van der Waals surface area contributed by atoms with E-state index in [1.165, 1.54) is 0 Å². The van der Waals surface area contributed by atoms with Gasteiger partial charge in [0.2, 0.25) is 5.71 Å². The zero-order chi connectivity index (χ0) is 18.1. The third kappa shape index (κ3) is 3.21. The standard InChI is InChI=1S/C17H13BCl3N3O/c19-17(20,21)15-14(11-22)16(23)25-18(24-15,12-7-3-1-4-8-12)13-9-5-2-6-10-13/h1-10,24H,23H2. The monoisotopic (exact) mass is 391 g/mol. The number of allylic oxidation sites excluding steroid dienone is 1. The Morgan fingerprint density at radius 3 is 1.84 bits per heavy atom. The molecule has 0 unspecified atom stereocenters. The average molecular weight is 392 g/mol. The predicted octanol–water partition coefficient (Wildman–Crippen LogP) is 0.859. The van der Waals surface area contributed by atoms with Crippen molar-refractivity contribution in [2.24, 2.45) is 5.73 Å². The molecule has 0 amide bonds. The van der Waals surface area contributed by atoms with E-state index in [0.29, 0.717) is 0 Å². The summed E-state index contributed by atoms with van der Waals surface area (Å²) in [6.07, 6.45) is 0. The maximum absolute atomic E-state index is 9.41. The van der Waals surface area contributed by atoms with Gasteiger partial charge in [0, 0.05) is 0 Å². The van der Waals surface area contributed by atoms with Gasteiger partial charge in [0.05, 0.1) is 0 Å². The first-order valence-corrected chi connectivity index (χ1v) is 8.59. The van der Waals surface area contributed by atoms with Crippen molar-refractivity contribution in [3.05, 3.63) is 72.1 Å². The van der Waals surface area contributed by atoms with E-state index in [9.17, 15) is 5.26 Å². The highest BCUT2D eigenvalue weighted by molar-refractivity contribution is 6.91. The van der Waals surface area contributed by atoms with Crippen LogP contribution >= 0.6 is 34.8 Å². The van der Waals surface area contributed by atoms with Crippen LogP contribution < -0.4 is 21.6 Å². The summed E-state index contributed by atoms with van der Waals surface area (Å²) in [6.45, 7) is -2.07. The number of benzene rings is 2. The van der Waals surface area contributed by atoms with Gasteiger partial charge in [-0.15, -0.1) is 0 Å². The van der Waals surface area contributed by atoms with Crippen molar-refractivity contribution < 1.29 is 9.56 Å². The Bertz CT molecular complexity index is 847. The van der Waals surface area contributed by atoms with Crippen molar-refractivity contribution in [1.82, 2.24) is 0 Å². The van der Waals surface area contributed by atoms with Crippen LogP contribution in [0.1, 0.15) is 0 Å². The molecular weight excluding hydrogens is 379 g/mol. The summed E-state index contributed by atoms with van der Waals surface area (Å²) in [4.78, 5) is 3.17. The van der Waals surface area contributed by atoms with Crippen molar-refractivity contribution in [3.8, 4) is 6.07 Å². The van der Waals surface area contributed by atoms with Crippen LogP contribution in [-0.4, -0.2) is 16.0 Å². The Kier molecular flexibility index (Phi) is 4.70. The smallest absolute Gasteiger partial charge is 0.507 e. The second kappa shape index (κ2) is 6.64. The van der Waals surface area contributed by atoms with Crippen LogP contribution in [0.5, 0.6) is 0 Å². The number of hydrogen-bond donors (Lipinski definition) is 2. The Balaban J connectivity index is 2.33. The molecule has 3 N–H and O–H groups in total. The lowest BCUT2D eigenvalue weighted by atomic mass is 9.42. The highest BCUT2D eigenvalue weighted by Gasteiger charge is 2.49. The van der Waals surface area contributed by atoms with Crippen molar-refractivity contribution in [2.45, 2.75) is 3.79 Å². The zero-order valence-corrected chi connectivity index (χ0v) is 15.2. The predicted molar refractivity (Wildman–Crippen MR) is 102 cm³/mol. The van der Waals surface area contributed by atoms with E-state index in [4.69, 9.17) is 45.2 Å². The van der Waals surface area contributed by atoms with Gasteiger partial charge in [0.1, 0.15) is 6.07 Å². The molecule has 1 aliphatic rings. The topological polar surface area (TPSA) is 73.0 Å².